The van der Waals surface area contributed by atoms with Gasteiger partial charge in [0.1, 0.15) is 0 Å². The monoisotopic (exact) mass is 215 g/mol. The zero-order valence-electron chi connectivity index (χ0n) is 9.89. The maximum Gasteiger partial charge on any atom is 0.315 e. The third-order valence-electron chi connectivity index (χ3n) is 1.91. The minimum absolute atomic E-state index is 0.00500. The summed E-state index contributed by atoms with van der Waals surface area (Å²) in [4.78, 5) is 22.9. The van der Waals surface area contributed by atoms with Crippen molar-refractivity contribution >= 4 is 11.8 Å². The highest BCUT2D eigenvalue weighted by atomic mass is 16.2. The first-order chi connectivity index (χ1) is 6.79. The molecule has 0 aliphatic rings. The molecule has 0 bridgehead atoms. The maximum atomic E-state index is 11.7. The summed E-state index contributed by atoms with van der Waals surface area (Å²) in [6.07, 6.45) is 0. The van der Waals surface area contributed by atoms with Crippen LogP contribution in [0.5, 0.6) is 0 Å². The van der Waals surface area contributed by atoms with Crippen LogP contribution in [0.3, 0.4) is 0 Å². The van der Waals surface area contributed by atoms with E-state index in [1.807, 2.05) is 20.8 Å². The van der Waals surface area contributed by atoms with Crippen molar-refractivity contribution in [2.45, 2.75) is 33.7 Å². The van der Waals surface area contributed by atoms with E-state index in [0.717, 1.165) is 0 Å². The zero-order valence-corrected chi connectivity index (χ0v) is 9.89. The summed E-state index contributed by atoms with van der Waals surface area (Å²) in [7, 11) is 0. The normalized spacial score (nSPS) is 13.1. The van der Waals surface area contributed by atoms with Crippen LogP contribution in [0.4, 0.5) is 4.79 Å². The molecule has 0 aromatic carbocycles. The number of hydrogen-bond acceptors (Lipinski definition) is 3. The van der Waals surface area contributed by atoms with Gasteiger partial charge in [0, 0.05) is 18.5 Å². The Bertz CT molecular complexity index is 233. The highest BCUT2D eigenvalue weighted by Crippen LogP contribution is 2.16. The van der Waals surface area contributed by atoms with Gasteiger partial charge in [0.15, 0.2) is 5.78 Å². The topological polar surface area (TPSA) is 84.2 Å². The summed E-state index contributed by atoms with van der Waals surface area (Å²) in [5, 5.41) is 5.11. The minimum atomic E-state index is -0.484. The smallest absolute Gasteiger partial charge is 0.315 e. The van der Waals surface area contributed by atoms with E-state index < -0.39 is 11.5 Å². The lowest BCUT2D eigenvalue weighted by atomic mass is 9.87. The molecule has 0 rings (SSSR count). The van der Waals surface area contributed by atoms with Crippen molar-refractivity contribution in [3.05, 3.63) is 0 Å². The molecule has 0 saturated heterocycles. The van der Waals surface area contributed by atoms with E-state index in [1.165, 1.54) is 0 Å². The number of hydrogen-bond donors (Lipinski definition) is 3. The van der Waals surface area contributed by atoms with Gasteiger partial charge in [0.2, 0.25) is 0 Å². The zero-order chi connectivity index (χ0) is 12.1. The molecule has 0 aromatic heterocycles. The lowest BCUT2D eigenvalue weighted by molar-refractivity contribution is -0.127. The van der Waals surface area contributed by atoms with Crippen molar-refractivity contribution in [1.29, 1.82) is 0 Å². The molecule has 15 heavy (non-hydrogen) atoms. The molecule has 5 heteroatoms. The summed E-state index contributed by atoms with van der Waals surface area (Å²) < 4.78 is 0. The van der Waals surface area contributed by atoms with E-state index in [-0.39, 0.29) is 11.8 Å². The van der Waals surface area contributed by atoms with Gasteiger partial charge < -0.3 is 16.4 Å². The van der Waals surface area contributed by atoms with Gasteiger partial charge in [-0.25, -0.2) is 4.79 Å². The van der Waals surface area contributed by atoms with Crippen LogP contribution >= 0.6 is 0 Å². The van der Waals surface area contributed by atoms with Crippen molar-refractivity contribution in [2.75, 3.05) is 13.1 Å². The largest absolute Gasteiger partial charge is 0.337 e. The number of rotatable bonds is 4. The fourth-order valence-corrected chi connectivity index (χ4v) is 1.15. The molecule has 0 aliphatic heterocycles. The van der Waals surface area contributed by atoms with Gasteiger partial charge in [0.05, 0.1) is 6.04 Å². The van der Waals surface area contributed by atoms with Crippen LogP contribution in [0.2, 0.25) is 0 Å². The van der Waals surface area contributed by atoms with Crippen LogP contribution < -0.4 is 16.4 Å². The number of amides is 2. The first kappa shape index (κ1) is 13.9. The Hall–Kier alpha value is -1.10. The fraction of sp³-hybridized carbons (Fsp3) is 0.800. The second-order valence-electron chi connectivity index (χ2n) is 4.52. The molecular weight excluding hydrogens is 194 g/mol. The Morgan fingerprint density at radius 2 is 1.87 bits per heavy atom. The van der Waals surface area contributed by atoms with Crippen LogP contribution in [0.25, 0.3) is 0 Å². The Morgan fingerprint density at radius 1 is 1.33 bits per heavy atom. The van der Waals surface area contributed by atoms with Crippen molar-refractivity contribution in [3.8, 4) is 0 Å². The van der Waals surface area contributed by atoms with Gasteiger partial charge >= 0.3 is 6.03 Å². The first-order valence-electron chi connectivity index (χ1n) is 5.07. The molecule has 88 valence electrons. The molecule has 0 saturated carbocycles. The number of carbonyl (C=O) groups is 2. The standard InChI is InChI=1S/C10H21N3O2/c1-7(8(14)10(2,3)4)13-9(15)12-6-5-11/h7H,5-6,11H2,1-4H3,(H2,12,13,15). The molecule has 0 heterocycles. The van der Waals surface area contributed by atoms with Gasteiger partial charge in [-0.3, -0.25) is 4.79 Å². The number of ketones is 1. The van der Waals surface area contributed by atoms with Gasteiger partial charge in [0.25, 0.3) is 0 Å². The molecule has 0 aromatic rings. The van der Waals surface area contributed by atoms with Crippen LogP contribution in [0, 0.1) is 5.41 Å². The predicted octanol–water partition coefficient (Wildman–Crippen LogP) is 0.248. The van der Waals surface area contributed by atoms with E-state index in [9.17, 15) is 9.59 Å². The van der Waals surface area contributed by atoms with Gasteiger partial charge in [-0.05, 0) is 6.92 Å². The van der Waals surface area contributed by atoms with E-state index in [2.05, 4.69) is 10.6 Å². The highest BCUT2D eigenvalue weighted by Gasteiger charge is 2.27. The number of carbonyl (C=O) groups excluding carboxylic acids is 2. The molecular formula is C10H21N3O2. The van der Waals surface area contributed by atoms with Crippen LogP contribution in [0.15, 0.2) is 0 Å². The van der Waals surface area contributed by atoms with Gasteiger partial charge in [-0.2, -0.15) is 0 Å². The summed E-state index contributed by atoms with van der Waals surface area (Å²) in [5.41, 5.74) is 4.78. The average Bonchev–Trinajstić information content (AvgIpc) is 2.11. The Kier molecular flexibility index (Phi) is 5.28. The molecule has 2 amide bonds. The minimum Gasteiger partial charge on any atom is -0.337 e. The number of nitrogens with one attached hydrogen (secondary N) is 2. The lowest BCUT2D eigenvalue weighted by Gasteiger charge is -2.22. The lowest BCUT2D eigenvalue weighted by Crippen LogP contribution is -2.48. The van der Waals surface area contributed by atoms with Crippen LogP contribution in [0.1, 0.15) is 27.7 Å². The molecule has 0 spiro atoms. The predicted molar refractivity (Wildman–Crippen MR) is 59.5 cm³/mol. The fourth-order valence-electron chi connectivity index (χ4n) is 1.15. The first-order valence-corrected chi connectivity index (χ1v) is 5.07. The van der Waals surface area contributed by atoms with Crippen molar-refractivity contribution < 1.29 is 9.59 Å². The Labute approximate surface area is 90.8 Å². The second-order valence-corrected chi connectivity index (χ2v) is 4.52. The quantitative estimate of drug-likeness (QED) is 0.628. The van der Waals surface area contributed by atoms with E-state index >= 15 is 0 Å². The van der Waals surface area contributed by atoms with Crippen LogP contribution in [-0.2, 0) is 4.79 Å². The number of nitrogens with two attached hydrogens (primary N) is 1. The SMILES string of the molecule is CC(NC(=O)NCCN)C(=O)C(C)(C)C. The maximum absolute atomic E-state index is 11.7. The molecule has 0 radical (unpaired) electrons. The Morgan fingerprint density at radius 3 is 2.27 bits per heavy atom. The molecule has 1 atom stereocenters. The van der Waals surface area contributed by atoms with Gasteiger partial charge in [-0.15, -0.1) is 0 Å². The van der Waals surface area contributed by atoms with Crippen LogP contribution in [-0.4, -0.2) is 30.9 Å². The Balaban J connectivity index is 4.08. The van der Waals surface area contributed by atoms with Crippen molar-refractivity contribution in [2.24, 2.45) is 11.1 Å². The third-order valence-corrected chi connectivity index (χ3v) is 1.91. The summed E-state index contributed by atoms with van der Waals surface area (Å²) in [6.45, 7) is 7.94. The molecule has 5 nitrogen and oxygen atoms in total. The molecule has 0 aliphatic carbocycles. The number of urea groups is 1. The molecule has 4 N–H and O–H groups in total. The summed E-state index contributed by atoms with van der Waals surface area (Å²) in [6, 6.07) is -0.840. The van der Waals surface area contributed by atoms with Crippen molar-refractivity contribution in [3.63, 3.8) is 0 Å². The third kappa shape index (κ3) is 5.37. The van der Waals surface area contributed by atoms with E-state index in [4.69, 9.17) is 5.73 Å². The van der Waals surface area contributed by atoms with E-state index in [1.54, 1.807) is 6.92 Å². The van der Waals surface area contributed by atoms with E-state index in [0.29, 0.717) is 13.1 Å². The average molecular weight is 215 g/mol. The van der Waals surface area contributed by atoms with Crippen molar-refractivity contribution in [1.82, 2.24) is 10.6 Å². The molecule has 1 unspecified atom stereocenters. The van der Waals surface area contributed by atoms with Gasteiger partial charge in [-0.1, -0.05) is 20.8 Å². The molecule has 0 fully saturated rings. The summed E-state index contributed by atoms with van der Waals surface area (Å²) in [5.74, 6) is 0.00500. The number of Topliss-reactive ketones (excluding diaryl/α,β-unsaturated/α-hetero) is 1. The highest BCUT2D eigenvalue weighted by molar-refractivity contribution is 5.91. The summed E-state index contributed by atoms with van der Waals surface area (Å²) >= 11 is 0. The second kappa shape index (κ2) is 5.70.